The van der Waals surface area contributed by atoms with E-state index in [4.69, 9.17) is 4.74 Å². The highest BCUT2D eigenvalue weighted by molar-refractivity contribution is 7.92. The van der Waals surface area contributed by atoms with Crippen LogP contribution in [0.4, 0.5) is 5.69 Å². The molecule has 0 unspecified atom stereocenters. The first-order chi connectivity index (χ1) is 8.43. The van der Waals surface area contributed by atoms with Crippen LogP contribution in [-0.4, -0.2) is 28.3 Å². The molecule has 0 atom stereocenters. The van der Waals surface area contributed by atoms with Crippen molar-refractivity contribution in [1.29, 1.82) is 0 Å². The number of ether oxygens (including phenoxy) is 1. The van der Waals surface area contributed by atoms with E-state index in [1.165, 1.54) is 10.6 Å². The Hall–Kier alpha value is -1.49. The molecule has 5 heteroatoms. The Balaban J connectivity index is 2.63. The van der Waals surface area contributed by atoms with Crippen LogP contribution in [0.15, 0.2) is 24.8 Å². The predicted molar refractivity (Wildman–Crippen MR) is 73.5 cm³/mol. The van der Waals surface area contributed by atoms with Crippen LogP contribution in [-0.2, 0) is 10.0 Å². The van der Waals surface area contributed by atoms with E-state index < -0.39 is 10.0 Å². The van der Waals surface area contributed by atoms with E-state index in [-0.39, 0.29) is 0 Å². The summed E-state index contributed by atoms with van der Waals surface area (Å²) in [6.07, 6.45) is 2.82. The summed E-state index contributed by atoms with van der Waals surface area (Å²) >= 11 is 0. The lowest BCUT2D eigenvalue weighted by Gasteiger charge is -2.22. The standard InChI is InChI=1S/C13H17NO3S/c1-10-5-4-8-14(18(3,15)16)13-9-11(17-2)6-7-12(10)13/h6-7,9H,1,4-5,8H2,2-3H3. The maximum Gasteiger partial charge on any atom is 0.232 e. The fourth-order valence-corrected chi connectivity index (χ4v) is 3.15. The van der Waals surface area contributed by atoms with E-state index in [1.54, 1.807) is 13.2 Å². The van der Waals surface area contributed by atoms with Gasteiger partial charge in [-0.1, -0.05) is 6.58 Å². The Morgan fingerprint density at radius 3 is 2.72 bits per heavy atom. The van der Waals surface area contributed by atoms with Crippen LogP contribution in [0.1, 0.15) is 18.4 Å². The largest absolute Gasteiger partial charge is 0.497 e. The first kappa shape index (κ1) is 13.0. The Labute approximate surface area is 108 Å². The number of hydrogen-bond acceptors (Lipinski definition) is 3. The molecule has 0 aromatic heterocycles. The molecule has 18 heavy (non-hydrogen) atoms. The van der Waals surface area contributed by atoms with Gasteiger partial charge < -0.3 is 4.74 Å². The molecule has 0 aliphatic carbocycles. The average molecular weight is 267 g/mol. The van der Waals surface area contributed by atoms with Gasteiger partial charge in [0.1, 0.15) is 5.75 Å². The van der Waals surface area contributed by atoms with E-state index >= 15 is 0 Å². The molecule has 1 aliphatic heterocycles. The summed E-state index contributed by atoms with van der Waals surface area (Å²) in [5.74, 6) is 0.650. The minimum atomic E-state index is -3.27. The second-order valence-corrected chi connectivity index (χ2v) is 6.33. The quantitative estimate of drug-likeness (QED) is 0.825. The van der Waals surface area contributed by atoms with Gasteiger partial charge in [-0.15, -0.1) is 0 Å². The van der Waals surface area contributed by atoms with E-state index in [0.29, 0.717) is 18.0 Å². The summed E-state index contributed by atoms with van der Waals surface area (Å²) in [7, 11) is -1.71. The fraction of sp³-hybridized carbons (Fsp3) is 0.385. The maximum absolute atomic E-state index is 11.9. The summed E-state index contributed by atoms with van der Waals surface area (Å²) in [6, 6.07) is 5.46. The van der Waals surface area contributed by atoms with Gasteiger partial charge >= 0.3 is 0 Å². The Kier molecular flexibility index (Phi) is 3.34. The van der Waals surface area contributed by atoms with Crippen LogP contribution >= 0.6 is 0 Å². The second-order valence-electron chi connectivity index (χ2n) is 4.43. The first-order valence-electron chi connectivity index (χ1n) is 5.77. The van der Waals surface area contributed by atoms with E-state index in [9.17, 15) is 8.42 Å². The molecule has 0 radical (unpaired) electrons. The molecule has 0 saturated heterocycles. The number of rotatable bonds is 2. The lowest BCUT2D eigenvalue weighted by molar-refractivity contribution is 0.415. The predicted octanol–water partition coefficient (Wildman–Crippen LogP) is 2.27. The molecule has 4 nitrogen and oxygen atoms in total. The molecule has 2 rings (SSSR count). The molecular weight excluding hydrogens is 250 g/mol. The van der Waals surface area contributed by atoms with Crippen LogP contribution in [0.3, 0.4) is 0 Å². The van der Waals surface area contributed by atoms with Crippen molar-refractivity contribution >= 4 is 21.3 Å². The van der Waals surface area contributed by atoms with Gasteiger partial charge in [-0.25, -0.2) is 8.42 Å². The van der Waals surface area contributed by atoms with Crippen LogP contribution in [0.5, 0.6) is 5.75 Å². The molecular formula is C13H17NO3S. The number of fused-ring (bicyclic) bond motifs is 1. The average Bonchev–Trinajstić information content (AvgIpc) is 2.47. The van der Waals surface area contributed by atoms with Gasteiger partial charge in [0.15, 0.2) is 0 Å². The van der Waals surface area contributed by atoms with Crippen molar-refractivity contribution < 1.29 is 13.2 Å². The number of anilines is 1. The zero-order valence-electron chi connectivity index (χ0n) is 10.6. The van der Waals surface area contributed by atoms with Crippen molar-refractivity contribution in [2.75, 3.05) is 24.2 Å². The molecule has 0 amide bonds. The monoisotopic (exact) mass is 267 g/mol. The van der Waals surface area contributed by atoms with Gasteiger partial charge in [-0.2, -0.15) is 0 Å². The molecule has 0 bridgehead atoms. The van der Waals surface area contributed by atoms with Crippen molar-refractivity contribution in [3.8, 4) is 5.75 Å². The maximum atomic E-state index is 11.9. The highest BCUT2D eigenvalue weighted by Gasteiger charge is 2.24. The molecule has 0 spiro atoms. The molecule has 1 aromatic rings. The smallest absolute Gasteiger partial charge is 0.232 e. The third-order valence-corrected chi connectivity index (χ3v) is 4.27. The Morgan fingerprint density at radius 1 is 1.39 bits per heavy atom. The van der Waals surface area contributed by atoms with Gasteiger partial charge in [0, 0.05) is 18.2 Å². The second kappa shape index (κ2) is 4.65. The summed E-state index contributed by atoms with van der Waals surface area (Å²) < 4.78 is 30.3. The molecule has 1 heterocycles. The Bertz CT molecular complexity index is 578. The summed E-state index contributed by atoms with van der Waals surface area (Å²) in [5.41, 5.74) is 2.52. The third-order valence-electron chi connectivity index (χ3n) is 3.09. The number of sulfonamides is 1. The van der Waals surface area contributed by atoms with E-state index in [2.05, 4.69) is 6.58 Å². The van der Waals surface area contributed by atoms with Crippen molar-refractivity contribution in [2.45, 2.75) is 12.8 Å². The lowest BCUT2D eigenvalue weighted by Crippen LogP contribution is -2.30. The van der Waals surface area contributed by atoms with E-state index in [1.807, 2.05) is 12.1 Å². The van der Waals surface area contributed by atoms with Crippen LogP contribution in [0.2, 0.25) is 0 Å². The number of hydrogen-bond donors (Lipinski definition) is 0. The summed E-state index contributed by atoms with van der Waals surface area (Å²) in [6.45, 7) is 4.51. The molecule has 98 valence electrons. The van der Waals surface area contributed by atoms with Crippen molar-refractivity contribution in [2.24, 2.45) is 0 Å². The Morgan fingerprint density at radius 2 is 2.11 bits per heavy atom. The highest BCUT2D eigenvalue weighted by atomic mass is 32.2. The number of benzene rings is 1. The highest BCUT2D eigenvalue weighted by Crippen LogP contribution is 2.36. The van der Waals surface area contributed by atoms with Gasteiger partial charge in [0.25, 0.3) is 0 Å². The SMILES string of the molecule is C=C1CCCN(S(C)(=O)=O)c2cc(OC)ccc21. The summed E-state index contributed by atoms with van der Waals surface area (Å²) in [5, 5.41) is 0. The van der Waals surface area contributed by atoms with E-state index in [0.717, 1.165) is 24.0 Å². The number of methoxy groups -OCH3 is 1. The topological polar surface area (TPSA) is 46.6 Å². The fourth-order valence-electron chi connectivity index (χ4n) is 2.18. The third kappa shape index (κ3) is 2.36. The zero-order valence-corrected chi connectivity index (χ0v) is 11.5. The normalized spacial score (nSPS) is 16.1. The number of nitrogens with zero attached hydrogens (tertiary/aromatic N) is 1. The lowest BCUT2D eigenvalue weighted by atomic mass is 10.0. The van der Waals surface area contributed by atoms with Crippen molar-refractivity contribution in [3.05, 3.63) is 30.3 Å². The van der Waals surface area contributed by atoms with Crippen LogP contribution in [0, 0.1) is 0 Å². The van der Waals surface area contributed by atoms with Crippen molar-refractivity contribution in [1.82, 2.24) is 0 Å². The molecule has 0 N–H and O–H groups in total. The van der Waals surface area contributed by atoms with Crippen LogP contribution < -0.4 is 9.04 Å². The zero-order chi connectivity index (χ0) is 13.3. The van der Waals surface area contributed by atoms with Crippen molar-refractivity contribution in [3.63, 3.8) is 0 Å². The summed E-state index contributed by atoms with van der Waals surface area (Å²) in [4.78, 5) is 0. The molecule has 0 fully saturated rings. The number of allylic oxidation sites excluding steroid dienone is 1. The van der Waals surface area contributed by atoms with Gasteiger partial charge in [0.2, 0.25) is 10.0 Å². The molecule has 0 saturated carbocycles. The molecule has 1 aliphatic rings. The molecule has 1 aromatic carbocycles. The van der Waals surface area contributed by atoms with Gasteiger partial charge in [0.05, 0.1) is 19.1 Å². The van der Waals surface area contributed by atoms with Gasteiger partial charge in [-0.3, -0.25) is 4.31 Å². The van der Waals surface area contributed by atoms with Gasteiger partial charge in [-0.05, 0) is 30.5 Å². The first-order valence-corrected chi connectivity index (χ1v) is 7.62. The minimum absolute atomic E-state index is 0.484. The minimum Gasteiger partial charge on any atom is -0.497 e. The van der Waals surface area contributed by atoms with Crippen LogP contribution in [0.25, 0.3) is 5.57 Å².